The minimum atomic E-state index is 0. The molecule has 0 spiro atoms. The minimum absolute atomic E-state index is 0. The van der Waals surface area contributed by atoms with E-state index in [0.717, 1.165) is 63.0 Å². The molecule has 1 saturated heterocycles. The van der Waals surface area contributed by atoms with Gasteiger partial charge in [-0.15, -0.1) is 24.0 Å². The maximum Gasteiger partial charge on any atom is 0.193 e. The average Bonchev–Trinajstić information content (AvgIpc) is 2.67. The van der Waals surface area contributed by atoms with Crippen molar-refractivity contribution >= 4 is 41.7 Å². The number of hydrogen-bond acceptors (Lipinski definition) is 4. The Balaban J connectivity index is 0.00000364. The van der Waals surface area contributed by atoms with Crippen LogP contribution in [0.3, 0.4) is 0 Å². The van der Waals surface area contributed by atoms with Gasteiger partial charge in [0.25, 0.3) is 0 Å². The van der Waals surface area contributed by atoms with Crippen LogP contribution in [0.1, 0.15) is 25.3 Å². The number of halogens is 1. The number of hydrogen-bond donors (Lipinski definition) is 1. The molecule has 7 heteroatoms. The SMILES string of the molecule is CCNC(=NCC1(SC)CCOCC1)N(C)CCOc1ccccc1C.I. The van der Waals surface area contributed by atoms with Crippen LogP contribution in [-0.4, -0.2) is 68.4 Å². The van der Waals surface area contributed by atoms with Gasteiger partial charge in [-0.1, -0.05) is 18.2 Å². The van der Waals surface area contributed by atoms with E-state index in [-0.39, 0.29) is 28.7 Å². The molecule has 2 rings (SSSR count). The normalized spacial score (nSPS) is 16.4. The fourth-order valence-electron chi connectivity index (χ4n) is 2.98. The number of rotatable bonds is 8. The zero-order chi connectivity index (χ0) is 18.8. The molecule has 27 heavy (non-hydrogen) atoms. The molecule has 5 nitrogen and oxygen atoms in total. The molecule has 1 fully saturated rings. The molecule has 0 aliphatic carbocycles. The first-order chi connectivity index (χ1) is 12.6. The summed E-state index contributed by atoms with van der Waals surface area (Å²) in [4.78, 5) is 7.07. The van der Waals surface area contributed by atoms with E-state index in [1.807, 2.05) is 30.0 Å². The Bertz CT molecular complexity index is 580. The van der Waals surface area contributed by atoms with Crippen molar-refractivity contribution in [1.29, 1.82) is 0 Å². The van der Waals surface area contributed by atoms with E-state index < -0.39 is 0 Å². The Morgan fingerprint density at radius 2 is 2.04 bits per heavy atom. The molecule has 0 saturated carbocycles. The zero-order valence-electron chi connectivity index (χ0n) is 17.0. The van der Waals surface area contributed by atoms with Crippen molar-refractivity contribution in [3.63, 3.8) is 0 Å². The summed E-state index contributed by atoms with van der Waals surface area (Å²) in [6, 6.07) is 8.12. The van der Waals surface area contributed by atoms with Crippen molar-refractivity contribution < 1.29 is 9.47 Å². The second-order valence-electron chi connectivity index (χ2n) is 6.71. The number of thioether (sulfide) groups is 1. The first-order valence-corrected chi connectivity index (χ1v) is 10.6. The summed E-state index contributed by atoms with van der Waals surface area (Å²) in [5, 5.41) is 3.40. The van der Waals surface area contributed by atoms with Crippen molar-refractivity contribution in [2.24, 2.45) is 4.99 Å². The highest BCUT2D eigenvalue weighted by Gasteiger charge is 2.31. The third-order valence-electron chi connectivity index (χ3n) is 4.83. The van der Waals surface area contributed by atoms with Crippen LogP contribution in [0.5, 0.6) is 5.75 Å². The lowest BCUT2D eigenvalue weighted by atomic mass is 9.99. The average molecular weight is 507 g/mol. The van der Waals surface area contributed by atoms with Gasteiger partial charge in [0.1, 0.15) is 12.4 Å². The van der Waals surface area contributed by atoms with Crippen LogP contribution >= 0.6 is 35.7 Å². The highest BCUT2D eigenvalue weighted by atomic mass is 127. The van der Waals surface area contributed by atoms with Crippen LogP contribution in [-0.2, 0) is 4.74 Å². The molecule has 0 radical (unpaired) electrons. The molecule has 0 amide bonds. The molecule has 1 aliphatic heterocycles. The van der Waals surface area contributed by atoms with Crippen LogP contribution in [0.4, 0.5) is 0 Å². The van der Waals surface area contributed by atoms with E-state index in [0.29, 0.717) is 6.61 Å². The van der Waals surface area contributed by atoms with E-state index in [1.54, 1.807) is 0 Å². The molecule has 154 valence electrons. The summed E-state index contributed by atoms with van der Waals surface area (Å²) < 4.78 is 11.7. The van der Waals surface area contributed by atoms with Crippen LogP contribution in [0.15, 0.2) is 29.3 Å². The van der Waals surface area contributed by atoms with Gasteiger partial charge in [0.2, 0.25) is 0 Å². The van der Waals surface area contributed by atoms with Crippen LogP contribution < -0.4 is 10.1 Å². The Labute approximate surface area is 185 Å². The second-order valence-corrected chi connectivity index (χ2v) is 7.98. The summed E-state index contributed by atoms with van der Waals surface area (Å²) in [6.07, 6.45) is 4.32. The Morgan fingerprint density at radius 1 is 1.33 bits per heavy atom. The maximum absolute atomic E-state index is 5.93. The van der Waals surface area contributed by atoms with E-state index in [4.69, 9.17) is 14.5 Å². The molecular weight excluding hydrogens is 473 g/mol. The number of guanidine groups is 1. The fraction of sp³-hybridized carbons (Fsp3) is 0.650. The quantitative estimate of drug-likeness (QED) is 0.330. The minimum Gasteiger partial charge on any atom is -0.491 e. The number of aliphatic imine (C=N–C) groups is 1. The van der Waals surface area contributed by atoms with Crippen molar-refractivity contribution in [1.82, 2.24) is 10.2 Å². The van der Waals surface area contributed by atoms with Gasteiger partial charge in [-0.2, -0.15) is 11.8 Å². The van der Waals surface area contributed by atoms with Gasteiger partial charge >= 0.3 is 0 Å². The Kier molecular flexibility index (Phi) is 11.5. The summed E-state index contributed by atoms with van der Waals surface area (Å²) in [7, 11) is 2.07. The molecule has 0 atom stereocenters. The van der Waals surface area contributed by atoms with Gasteiger partial charge < -0.3 is 19.7 Å². The highest BCUT2D eigenvalue weighted by Crippen LogP contribution is 2.34. The number of benzene rings is 1. The van der Waals surface area contributed by atoms with E-state index in [1.165, 1.54) is 0 Å². The molecule has 1 aromatic carbocycles. The maximum atomic E-state index is 5.93. The lowest BCUT2D eigenvalue weighted by Gasteiger charge is -2.34. The largest absolute Gasteiger partial charge is 0.491 e. The molecule has 1 aliphatic rings. The summed E-state index contributed by atoms with van der Waals surface area (Å²) in [5.74, 6) is 1.90. The number of aryl methyl sites for hydroxylation is 1. The van der Waals surface area contributed by atoms with E-state index in [9.17, 15) is 0 Å². The molecule has 1 N–H and O–H groups in total. The monoisotopic (exact) mass is 507 g/mol. The smallest absolute Gasteiger partial charge is 0.193 e. The van der Waals surface area contributed by atoms with Gasteiger partial charge in [-0.05, 0) is 44.6 Å². The second kappa shape index (κ2) is 12.7. The van der Waals surface area contributed by atoms with Crippen LogP contribution in [0.25, 0.3) is 0 Å². The van der Waals surface area contributed by atoms with Gasteiger partial charge in [0.15, 0.2) is 5.96 Å². The predicted octanol–water partition coefficient (Wildman–Crippen LogP) is 3.80. The van der Waals surface area contributed by atoms with Gasteiger partial charge in [-0.25, -0.2) is 0 Å². The number of para-hydroxylation sites is 1. The van der Waals surface area contributed by atoms with Gasteiger partial charge in [0, 0.05) is 31.6 Å². The van der Waals surface area contributed by atoms with Crippen LogP contribution in [0, 0.1) is 6.92 Å². The topological polar surface area (TPSA) is 46.1 Å². The van der Waals surface area contributed by atoms with Gasteiger partial charge in [0.05, 0.1) is 13.1 Å². The summed E-state index contributed by atoms with van der Waals surface area (Å²) in [5.41, 5.74) is 1.16. The lowest BCUT2D eigenvalue weighted by Crippen LogP contribution is -2.43. The van der Waals surface area contributed by atoms with E-state index >= 15 is 0 Å². The lowest BCUT2D eigenvalue weighted by molar-refractivity contribution is 0.0793. The molecule has 1 heterocycles. The summed E-state index contributed by atoms with van der Waals surface area (Å²) in [6.45, 7) is 8.95. The molecule has 0 aromatic heterocycles. The Hall–Kier alpha value is -0.670. The van der Waals surface area contributed by atoms with Crippen molar-refractivity contribution in [2.75, 3.05) is 52.8 Å². The third kappa shape index (κ3) is 7.69. The van der Waals surface area contributed by atoms with Crippen molar-refractivity contribution in [3.8, 4) is 5.75 Å². The molecular formula is C20H34IN3O2S. The number of ether oxygens (including phenoxy) is 2. The number of likely N-dealkylation sites (N-methyl/N-ethyl adjacent to an activating group) is 1. The number of nitrogens with one attached hydrogen (secondary N) is 1. The number of nitrogens with zero attached hydrogens (tertiary/aromatic N) is 2. The van der Waals surface area contributed by atoms with Crippen molar-refractivity contribution in [3.05, 3.63) is 29.8 Å². The van der Waals surface area contributed by atoms with Crippen molar-refractivity contribution in [2.45, 2.75) is 31.4 Å². The molecule has 0 unspecified atom stereocenters. The highest BCUT2D eigenvalue weighted by molar-refractivity contribution is 14.0. The molecule has 0 bridgehead atoms. The standard InChI is InChI=1S/C20H33N3O2S.HI/c1-5-21-19(22-16-20(26-4)10-13-24-14-11-20)23(3)12-15-25-18-9-7-6-8-17(18)2;/h6-9H,5,10-16H2,1-4H3,(H,21,22);1H. The summed E-state index contributed by atoms with van der Waals surface area (Å²) >= 11 is 1.92. The van der Waals surface area contributed by atoms with E-state index in [2.05, 4.69) is 43.4 Å². The first-order valence-electron chi connectivity index (χ1n) is 9.41. The van der Waals surface area contributed by atoms with Crippen LogP contribution in [0.2, 0.25) is 0 Å². The van der Waals surface area contributed by atoms with Gasteiger partial charge in [-0.3, -0.25) is 4.99 Å². The Morgan fingerprint density at radius 3 is 2.67 bits per heavy atom. The molecule has 1 aromatic rings. The first kappa shape index (κ1) is 24.4. The third-order valence-corrected chi connectivity index (χ3v) is 6.23. The predicted molar refractivity (Wildman–Crippen MR) is 127 cm³/mol. The zero-order valence-corrected chi connectivity index (χ0v) is 20.1. The fourth-order valence-corrected chi connectivity index (χ4v) is 3.74.